The Bertz CT molecular complexity index is 469. The van der Waals surface area contributed by atoms with Gasteiger partial charge in [-0.05, 0) is 54.7 Å². The second-order valence-corrected chi connectivity index (χ2v) is 6.52. The maximum absolute atomic E-state index is 12.4. The van der Waals surface area contributed by atoms with Crippen molar-refractivity contribution in [2.45, 2.75) is 64.2 Å². The van der Waals surface area contributed by atoms with Crippen LogP contribution in [0.5, 0.6) is 0 Å². The smallest absolute Gasteiger partial charge is 0.163 e. The molecule has 1 unspecified atom stereocenters. The van der Waals surface area contributed by atoms with Gasteiger partial charge in [0, 0.05) is 12.0 Å². The number of benzene rings is 1. The molecule has 0 spiro atoms. The Morgan fingerprint density at radius 2 is 1.84 bits per heavy atom. The summed E-state index contributed by atoms with van der Waals surface area (Å²) in [6, 6.07) is 6.75. The molecule has 1 nitrogen and oxygen atoms in total. The second-order valence-electron chi connectivity index (χ2n) is 6.52. The molecule has 1 heteroatoms. The molecule has 0 amide bonds. The molecule has 1 saturated carbocycles. The number of fused-ring (bicyclic) bond motifs is 1. The van der Waals surface area contributed by atoms with E-state index in [1.165, 1.54) is 43.2 Å². The molecule has 102 valence electrons. The van der Waals surface area contributed by atoms with E-state index in [-0.39, 0.29) is 0 Å². The van der Waals surface area contributed by atoms with Gasteiger partial charge in [0.05, 0.1) is 0 Å². The summed E-state index contributed by atoms with van der Waals surface area (Å²) in [5.41, 5.74) is 3.74. The van der Waals surface area contributed by atoms with Crippen LogP contribution in [-0.2, 0) is 6.42 Å². The fraction of sp³-hybridized carbons (Fsp3) is 0.611. The van der Waals surface area contributed by atoms with Gasteiger partial charge in [-0.25, -0.2) is 0 Å². The summed E-state index contributed by atoms with van der Waals surface area (Å²) in [6.45, 7) is 2.20. The van der Waals surface area contributed by atoms with Gasteiger partial charge in [0.25, 0.3) is 0 Å². The van der Waals surface area contributed by atoms with Crippen molar-refractivity contribution in [3.63, 3.8) is 0 Å². The number of carbonyl (C=O) groups is 1. The van der Waals surface area contributed by atoms with E-state index < -0.39 is 0 Å². The third-order valence-corrected chi connectivity index (χ3v) is 4.95. The van der Waals surface area contributed by atoms with Crippen LogP contribution in [0.4, 0.5) is 0 Å². The van der Waals surface area contributed by atoms with Gasteiger partial charge in [-0.2, -0.15) is 0 Å². The van der Waals surface area contributed by atoms with Gasteiger partial charge < -0.3 is 0 Å². The monoisotopic (exact) mass is 256 g/mol. The molecule has 0 aromatic heterocycles. The van der Waals surface area contributed by atoms with Gasteiger partial charge in [-0.15, -0.1) is 0 Å². The first kappa shape index (κ1) is 12.9. The van der Waals surface area contributed by atoms with Crippen molar-refractivity contribution in [3.05, 3.63) is 34.9 Å². The number of ketones is 1. The second kappa shape index (κ2) is 5.48. The van der Waals surface area contributed by atoms with E-state index in [9.17, 15) is 4.79 Å². The van der Waals surface area contributed by atoms with E-state index in [0.717, 1.165) is 24.8 Å². The molecule has 0 saturated heterocycles. The zero-order valence-corrected chi connectivity index (χ0v) is 12.0. The van der Waals surface area contributed by atoms with Crippen molar-refractivity contribution < 1.29 is 4.79 Å². The van der Waals surface area contributed by atoms with Crippen LogP contribution in [0.2, 0.25) is 0 Å². The Labute approximate surface area is 116 Å². The normalized spacial score (nSPS) is 24.9. The van der Waals surface area contributed by atoms with E-state index in [2.05, 4.69) is 25.1 Å². The number of carbonyl (C=O) groups excluding carboxylic acids is 1. The zero-order chi connectivity index (χ0) is 13.2. The van der Waals surface area contributed by atoms with Gasteiger partial charge in [-0.3, -0.25) is 4.79 Å². The number of Topliss-reactive ketones (excluding diaryl/α,β-unsaturated/α-hetero) is 1. The maximum Gasteiger partial charge on any atom is 0.163 e. The molecular weight excluding hydrogens is 232 g/mol. The van der Waals surface area contributed by atoms with Crippen LogP contribution in [0.3, 0.4) is 0 Å². The minimum atomic E-state index is 0.373. The maximum atomic E-state index is 12.4. The molecule has 1 aromatic carbocycles. The Morgan fingerprint density at radius 3 is 2.63 bits per heavy atom. The summed E-state index contributed by atoms with van der Waals surface area (Å²) in [5, 5.41) is 0. The van der Waals surface area contributed by atoms with E-state index in [4.69, 9.17) is 0 Å². The minimum absolute atomic E-state index is 0.373. The van der Waals surface area contributed by atoms with Crippen molar-refractivity contribution in [1.29, 1.82) is 0 Å². The third-order valence-electron chi connectivity index (χ3n) is 4.95. The standard InChI is InChI=1S/C18H24O/c1-13-7-8-15-9-10-16(12-17(15)18(19)11-13)14-5-3-2-4-6-14/h9-10,12-14H,2-8,11H2,1H3. The van der Waals surface area contributed by atoms with Crippen LogP contribution in [-0.4, -0.2) is 5.78 Å². The molecule has 2 aliphatic carbocycles. The first-order valence-corrected chi connectivity index (χ1v) is 7.90. The number of hydrogen-bond acceptors (Lipinski definition) is 1. The largest absolute Gasteiger partial charge is 0.294 e. The summed E-state index contributed by atoms with van der Waals surface area (Å²) in [6.07, 6.45) is 9.68. The summed E-state index contributed by atoms with van der Waals surface area (Å²) >= 11 is 0. The molecule has 1 aromatic rings. The quantitative estimate of drug-likeness (QED) is 0.654. The number of aryl methyl sites for hydroxylation is 1. The first-order chi connectivity index (χ1) is 9.24. The van der Waals surface area contributed by atoms with Crippen LogP contribution in [0, 0.1) is 5.92 Å². The third kappa shape index (κ3) is 2.75. The van der Waals surface area contributed by atoms with Crippen LogP contribution in [0.25, 0.3) is 0 Å². The fourth-order valence-corrected chi connectivity index (χ4v) is 3.69. The van der Waals surface area contributed by atoms with E-state index in [1.807, 2.05) is 0 Å². The van der Waals surface area contributed by atoms with Gasteiger partial charge in [0.1, 0.15) is 0 Å². The van der Waals surface area contributed by atoms with Gasteiger partial charge in [0.2, 0.25) is 0 Å². The summed E-state index contributed by atoms with van der Waals surface area (Å²) in [5.74, 6) is 1.61. The highest BCUT2D eigenvalue weighted by atomic mass is 16.1. The predicted molar refractivity (Wildman–Crippen MR) is 78.7 cm³/mol. The van der Waals surface area contributed by atoms with Crippen molar-refractivity contribution in [3.8, 4) is 0 Å². The lowest BCUT2D eigenvalue weighted by atomic mass is 9.82. The fourth-order valence-electron chi connectivity index (χ4n) is 3.69. The summed E-state index contributed by atoms with van der Waals surface area (Å²) in [7, 11) is 0. The van der Waals surface area contributed by atoms with Crippen LogP contribution in [0.1, 0.15) is 79.3 Å². The van der Waals surface area contributed by atoms with E-state index in [1.54, 1.807) is 0 Å². The lowest BCUT2D eigenvalue weighted by Crippen LogP contribution is -2.08. The molecule has 3 rings (SSSR count). The van der Waals surface area contributed by atoms with E-state index in [0.29, 0.717) is 17.6 Å². The average Bonchev–Trinajstić information content (AvgIpc) is 2.59. The van der Waals surface area contributed by atoms with E-state index >= 15 is 0 Å². The topological polar surface area (TPSA) is 17.1 Å². The van der Waals surface area contributed by atoms with Crippen LogP contribution >= 0.6 is 0 Å². The molecule has 1 fully saturated rings. The Hall–Kier alpha value is -1.11. The van der Waals surface area contributed by atoms with Crippen molar-refractivity contribution >= 4 is 5.78 Å². The minimum Gasteiger partial charge on any atom is -0.294 e. The van der Waals surface area contributed by atoms with Crippen molar-refractivity contribution in [2.24, 2.45) is 5.92 Å². The van der Waals surface area contributed by atoms with Gasteiger partial charge >= 0.3 is 0 Å². The molecule has 0 radical (unpaired) electrons. The number of rotatable bonds is 1. The van der Waals surface area contributed by atoms with Gasteiger partial charge in [0.15, 0.2) is 5.78 Å². The Balaban J connectivity index is 1.89. The molecule has 19 heavy (non-hydrogen) atoms. The van der Waals surface area contributed by atoms with Crippen molar-refractivity contribution in [1.82, 2.24) is 0 Å². The van der Waals surface area contributed by atoms with Crippen molar-refractivity contribution in [2.75, 3.05) is 0 Å². The highest BCUT2D eigenvalue weighted by molar-refractivity contribution is 5.98. The molecule has 0 heterocycles. The molecule has 0 bridgehead atoms. The molecule has 0 aliphatic heterocycles. The van der Waals surface area contributed by atoms with Crippen LogP contribution in [0.15, 0.2) is 18.2 Å². The zero-order valence-electron chi connectivity index (χ0n) is 12.0. The molecule has 2 aliphatic rings. The Kier molecular flexibility index (Phi) is 3.72. The lowest BCUT2D eigenvalue weighted by molar-refractivity contribution is 0.0967. The summed E-state index contributed by atoms with van der Waals surface area (Å²) < 4.78 is 0. The average molecular weight is 256 g/mol. The highest BCUT2D eigenvalue weighted by Crippen LogP contribution is 2.34. The highest BCUT2D eigenvalue weighted by Gasteiger charge is 2.22. The van der Waals surface area contributed by atoms with Gasteiger partial charge in [-0.1, -0.05) is 38.3 Å². The Morgan fingerprint density at radius 1 is 1.05 bits per heavy atom. The predicted octanol–water partition coefficient (Wildman–Crippen LogP) is 4.89. The molecule has 0 N–H and O–H groups in total. The number of hydrogen-bond donors (Lipinski definition) is 0. The molecule has 1 atom stereocenters. The lowest BCUT2D eigenvalue weighted by Gasteiger charge is -2.22. The first-order valence-electron chi connectivity index (χ1n) is 7.90. The van der Waals surface area contributed by atoms with Crippen LogP contribution < -0.4 is 0 Å². The SMILES string of the molecule is CC1CCc2ccc(C3CCCCC3)cc2C(=O)C1. The summed E-state index contributed by atoms with van der Waals surface area (Å²) in [4.78, 5) is 12.4. The molecular formula is C18H24O.